The highest BCUT2D eigenvalue weighted by Crippen LogP contribution is 2.25. The second-order valence-electron chi connectivity index (χ2n) is 4.57. The summed E-state index contributed by atoms with van der Waals surface area (Å²) in [7, 11) is 0. The summed E-state index contributed by atoms with van der Waals surface area (Å²) in [6.07, 6.45) is 4.10. The van der Waals surface area contributed by atoms with Gasteiger partial charge in [-0.1, -0.05) is 34.9 Å². The predicted molar refractivity (Wildman–Crippen MR) is 83.7 cm³/mol. The third-order valence-electron chi connectivity index (χ3n) is 3.07. The molecule has 108 valence electrons. The number of hydrogen-bond acceptors (Lipinski definition) is 2. The molecular formula is C14H17Cl2N3O. The summed E-state index contributed by atoms with van der Waals surface area (Å²) in [4.78, 5) is 11.8. The van der Waals surface area contributed by atoms with Crippen LogP contribution in [0.4, 0.5) is 10.5 Å². The highest BCUT2D eigenvalue weighted by Gasteiger charge is 2.07. The molecule has 1 heterocycles. The van der Waals surface area contributed by atoms with E-state index in [1.807, 2.05) is 0 Å². The molecule has 2 rings (SSSR count). The van der Waals surface area contributed by atoms with Gasteiger partial charge in [0.15, 0.2) is 0 Å². The Kier molecular flexibility index (Phi) is 5.71. The van der Waals surface area contributed by atoms with Crippen LogP contribution in [0, 0.1) is 0 Å². The molecule has 1 aliphatic rings. The van der Waals surface area contributed by atoms with Gasteiger partial charge in [0.1, 0.15) is 0 Å². The molecule has 2 amide bonds. The number of halogens is 2. The number of urea groups is 1. The molecule has 0 radical (unpaired) electrons. The Bertz CT molecular complexity index is 517. The summed E-state index contributed by atoms with van der Waals surface area (Å²) in [5.41, 5.74) is 1.89. The van der Waals surface area contributed by atoms with Crippen molar-refractivity contribution in [2.45, 2.75) is 12.8 Å². The fraction of sp³-hybridized carbons (Fsp3) is 0.357. The van der Waals surface area contributed by atoms with Crippen molar-refractivity contribution >= 4 is 34.9 Å². The first-order valence-electron chi connectivity index (χ1n) is 6.53. The van der Waals surface area contributed by atoms with Gasteiger partial charge >= 0.3 is 6.03 Å². The maximum atomic E-state index is 11.8. The molecule has 0 atom stereocenters. The molecule has 6 heteroatoms. The lowest BCUT2D eigenvalue weighted by Crippen LogP contribution is -2.30. The lowest BCUT2D eigenvalue weighted by atomic mass is 10.1. The maximum absolute atomic E-state index is 11.8. The Morgan fingerprint density at radius 3 is 2.95 bits per heavy atom. The van der Waals surface area contributed by atoms with Crippen LogP contribution in [0.3, 0.4) is 0 Å². The van der Waals surface area contributed by atoms with Gasteiger partial charge < -0.3 is 16.0 Å². The van der Waals surface area contributed by atoms with E-state index < -0.39 is 0 Å². The third kappa shape index (κ3) is 4.71. The van der Waals surface area contributed by atoms with Crippen LogP contribution in [-0.2, 0) is 0 Å². The molecule has 3 N–H and O–H groups in total. The topological polar surface area (TPSA) is 53.2 Å². The number of amides is 2. The number of carbonyl (C=O) groups excluding carboxylic acids is 1. The fourth-order valence-corrected chi connectivity index (χ4v) is 2.33. The largest absolute Gasteiger partial charge is 0.338 e. The monoisotopic (exact) mass is 313 g/mol. The number of nitrogens with one attached hydrogen (secondary N) is 3. The van der Waals surface area contributed by atoms with Crippen molar-refractivity contribution in [1.29, 1.82) is 0 Å². The summed E-state index contributed by atoms with van der Waals surface area (Å²) in [6, 6.07) is 4.68. The van der Waals surface area contributed by atoms with Gasteiger partial charge in [0, 0.05) is 18.1 Å². The van der Waals surface area contributed by atoms with Crippen molar-refractivity contribution in [3.63, 3.8) is 0 Å². The van der Waals surface area contributed by atoms with Gasteiger partial charge in [0.05, 0.1) is 10.7 Å². The van der Waals surface area contributed by atoms with Crippen molar-refractivity contribution in [3.05, 3.63) is 39.9 Å². The normalized spacial score (nSPS) is 14.6. The van der Waals surface area contributed by atoms with Crippen molar-refractivity contribution in [2.24, 2.45) is 0 Å². The van der Waals surface area contributed by atoms with Crippen molar-refractivity contribution in [1.82, 2.24) is 10.6 Å². The van der Waals surface area contributed by atoms with Crippen LogP contribution >= 0.6 is 23.2 Å². The molecule has 0 bridgehead atoms. The highest BCUT2D eigenvalue weighted by molar-refractivity contribution is 6.35. The zero-order chi connectivity index (χ0) is 14.4. The van der Waals surface area contributed by atoms with Crippen molar-refractivity contribution in [3.8, 4) is 0 Å². The molecule has 1 aromatic carbocycles. The Morgan fingerprint density at radius 1 is 1.35 bits per heavy atom. The summed E-state index contributed by atoms with van der Waals surface area (Å²) in [5, 5.41) is 9.75. The minimum Gasteiger partial charge on any atom is -0.338 e. The predicted octanol–water partition coefficient (Wildman–Crippen LogP) is 3.42. The zero-order valence-electron chi connectivity index (χ0n) is 11.0. The summed E-state index contributed by atoms with van der Waals surface area (Å²) in [5.74, 6) is 0. The van der Waals surface area contributed by atoms with Gasteiger partial charge in [0.25, 0.3) is 0 Å². The van der Waals surface area contributed by atoms with Gasteiger partial charge in [-0.05, 0) is 37.6 Å². The van der Waals surface area contributed by atoms with Crippen LogP contribution in [0.25, 0.3) is 0 Å². The number of benzene rings is 1. The van der Waals surface area contributed by atoms with Crippen LogP contribution in [0.5, 0.6) is 0 Å². The summed E-state index contributed by atoms with van der Waals surface area (Å²) >= 11 is 11.8. The van der Waals surface area contributed by atoms with Crippen LogP contribution in [0.1, 0.15) is 12.8 Å². The Hall–Kier alpha value is -1.23. The lowest BCUT2D eigenvalue weighted by Gasteiger charge is -2.14. The van der Waals surface area contributed by atoms with E-state index in [2.05, 4.69) is 22.0 Å². The van der Waals surface area contributed by atoms with E-state index in [9.17, 15) is 4.79 Å². The van der Waals surface area contributed by atoms with E-state index in [-0.39, 0.29) is 6.03 Å². The van der Waals surface area contributed by atoms with E-state index in [1.54, 1.807) is 18.2 Å². The van der Waals surface area contributed by atoms with Gasteiger partial charge in [-0.2, -0.15) is 0 Å². The van der Waals surface area contributed by atoms with E-state index in [4.69, 9.17) is 23.2 Å². The van der Waals surface area contributed by atoms with Crippen LogP contribution in [-0.4, -0.2) is 25.7 Å². The summed E-state index contributed by atoms with van der Waals surface area (Å²) in [6.45, 7) is 2.53. The van der Waals surface area contributed by atoms with Crippen molar-refractivity contribution < 1.29 is 4.79 Å². The van der Waals surface area contributed by atoms with Crippen LogP contribution < -0.4 is 16.0 Å². The minimum atomic E-state index is -0.274. The Balaban J connectivity index is 1.77. The molecule has 4 nitrogen and oxygen atoms in total. The number of anilines is 1. The molecule has 0 spiro atoms. The first kappa shape index (κ1) is 15.2. The molecule has 0 saturated heterocycles. The van der Waals surface area contributed by atoms with Gasteiger partial charge in [-0.15, -0.1) is 0 Å². The molecule has 1 aromatic rings. The highest BCUT2D eigenvalue weighted by atomic mass is 35.5. The third-order valence-corrected chi connectivity index (χ3v) is 3.63. The lowest BCUT2D eigenvalue weighted by molar-refractivity contribution is 0.252. The molecular weight excluding hydrogens is 297 g/mol. The molecule has 20 heavy (non-hydrogen) atoms. The van der Waals surface area contributed by atoms with Gasteiger partial charge in [0.2, 0.25) is 0 Å². The second-order valence-corrected chi connectivity index (χ2v) is 5.42. The number of carbonyl (C=O) groups is 1. The first-order valence-corrected chi connectivity index (χ1v) is 7.29. The van der Waals surface area contributed by atoms with E-state index in [0.29, 0.717) is 22.3 Å². The summed E-state index contributed by atoms with van der Waals surface area (Å²) < 4.78 is 0. The molecule has 0 fully saturated rings. The Labute approximate surface area is 128 Å². The number of hydrogen-bond donors (Lipinski definition) is 3. The van der Waals surface area contributed by atoms with Crippen LogP contribution in [0.15, 0.2) is 29.8 Å². The van der Waals surface area contributed by atoms with Crippen molar-refractivity contribution in [2.75, 3.05) is 25.0 Å². The SMILES string of the molecule is O=C(NCCC1=CCNCC1)Nc1cc(Cl)ccc1Cl. The smallest absolute Gasteiger partial charge is 0.319 e. The molecule has 0 aromatic heterocycles. The quantitative estimate of drug-likeness (QED) is 0.746. The van der Waals surface area contributed by atoms with Gasteiger partial charge in [-0.3, -0.25) is 0 Å². The average Bonchev–Trinajstić information content (AvgIpc) is 2.44. The molecule has 0 aliphatic carbocycles. The molecule has 1 aliphatic heterocycles. The fourth-order valence-electron chi connectivity index (χ4n) is 1.99. The van der Waals surface area contributed by atoms with E-state index >= 15 is 0 Å². The van der Waals surface area contributed by atoms with E-state index in [0.717, 1.165) is 25.9 Å². The minimum absolute atomic E-state index is 0.274. The molecule has 0 saturated carbocycles. The second kappa shape index (κ2) is 7.53. The van der Waals surface area contributed by atoms with Crippen LogP contribution in [0.2, 0.25) is 10.0 Å². The van der Waals surface area contributed by atoms with E-state index in [1.165, 1.54) is 5.57 Å². The standard InChI is InChI=1S/C14H17Cl2N3O/c15-11-1-2-12(16)13(9-11)19-14(20)18-8-5-10-3-6-17-7-4-10/h1-3,9,17H,4-8H2,(H2,18,19,20). The molecule has 0 unspecified atom stereocenters. The average molecular weight is 314 g/mol. The maximum Gasteiger partial charge on any atom is 0.319 e. The number of rotatable bonds is 4. The Morgan fingerprint density at radius 2 is 2.20 bits per heavy atom. The zero-order valence-corrected chi connectivity index (χ0v) is 12.5. The van der Waals surface area contributed by atoms with Gasteiger partial charge in [-0.25, -0.2) is 4.79 Å². The first-order chi connectivity index (χ1) is 9.65.